The third kappa shape index (κ3) is 3.18. The number of aryl methyl sites for hydroxylation is 1. The minimum atomic E-state index is -0.987. The summed E-state index contributed by atoms with van der Waals surface area (Å²) in [5.41, 5.74) is -0.587. The quantitative estimate of drug-likeness (QED) is 0.748. The number of carbonyl (C=O) groups is 1. The molecule has 0 aliphatic carbocycles. The Bertz CT molecular complexity index is 325. The molecule has 0 aliphatic rings. The van der Waals surface area contributed by atoms with E-state index >= 15 is 0 Å². The highest BCUT2D eigenvalue weighted by molar-refractivity contribution is 5.86. The molecule has 0 aromatic carbocycles. The Morgan fingerprint density at radius 1 is 1.64 bits per heavy atom. The molecule has 0 spiro atoms. The largest absolute Gasteiger partial charge is 0.478 e. The lowest BCUT2D eigenvalue weighted by molar-refractivity contribution is 0.0651. The van der Waals surface area contributed by atoms with E-state index in [1.165, 1.54) is 17.1 Å². The van der Waals surface area contributed by atoms with Crippen LogP contribution >= 0.6 is 0 Å². The molecular formula is C9H14N2O3. The maximum atomic E-state index is 10.5. The van der Waals surface area contributed by atoms with Crippen LogP contribution in [0.3, 0.4) is 0 Å². The van der Waals surface area contributed by atoms with Crippen LogP contribution in [0.5, 0.6) is 0 Å². The molecule has 2 N–H and O–H groups in total. The van der Waals surface area contributed by atoms with E-state index < -0.39 is 11.6 Å². The van der Waals surface area contributed by atoms with Crippen LogP contribution in [0.15, 0.2) is 12.4 Å². The van der Waals surface area contributed by atoms with E-state index in [-0.39, 0.29) is 5.56 Å². The Morgan fingerprint density at radius 3 is 2.71 bits per heavy atom. The van der Waals surface area contributed by atoms with Crippen LogP contribution in [-0.2, 0) is 6.54 Å². The fourth-order valence-corrected chi connectivity index (χ4v) is 0.984. The van der Waals surface area contributed by atoms with Gasteiger partial charge in [0.25, 0.3) is 0 Å². The summed E-state index contributed by atoms with van der Waals surface area (Å²) in [5, 5.41) is 21.9. The Balaban J connectivity index is 2.56. The Kier molecular flexibility index (Phi) is 2.90. The van der Waals surface area contributed by atoms with Crippen molar-refractivity contribution in [2.24, 2.45) is 0 Å². The predicted molar refractivity (Wildman–Crippen MR) is 50.1 cm³/mol. The molecule has 5 nitrogen and oxygen atoms in total. The van der Waals surface area contributed by atoms with Gasteiger partial charge in [-0.25, -0.2) is 4.79 Å². The molecule has 0 amide bonds. The van der Waals surface area contributed by atoms with Crippen LogP contribution in [-0.4, -0.2) is 31.6 Å². The van der Waals surface area contributed by atoms with E-state index in [2.05, 4.69) is 5.10 Å². The normalized spacial score (nSPS) is 11.6. The van der Waals surface area contributed by atoms with Crippen molar-refractivity contribution in [2.75, 3.05) is 0 Å². The van der Waals surface area contributed by atoms with Crippen molar-refractivity contribution in [1.82, 2.24) is 9.78 Å². The highest BCUT2D eigenvalue weighted by Gasteiger charge is 2.13. The number of aromatic nitrogens is 2. The number of carboxylic acid groups (broad SMARTS) is 1. The van der Waals surface area contributed by atoms with Crippen LogP contribution in [0.1, 0.15) is 30.6 Å². The van der Waals surface area contributed by atoms with E-state index in [1.807, 2.05) is 0 Å². The Hall–Kier alpha value is -1.36. The third-order valence-electron chi connectivity index (χ3n) is 1.83. The van der Waals surface area contributed by atoms with Crippen LogP contribution in [0.25, 0.3) is 0 Å². The van der Waals surface area contributed by atoms with Gasteiger partial charge in [-0.3, -0.25) is 4.68 Å². The van der Waals surface area contributed by atoms with E-state index in [1.54, 1.807) is 13.8 Å². The molecule has 1 rings (SSSR count). The molecule has 0 atom stereocenters. The highest BCUT2D eigenvalue weighted by atomic mass is 16.4. The molecule has 78 valence electrons. The van der Waals surface area contributed by atoms with Crippen molar-refractivity contribution in [3.05, 3.63) is 18.0 Å². The first-order chi connectivity index (χ1) is 6.38. The molecule has 0 aliphatic heterocycles. The summed E-state index contributed by atoms with van der Waals surface area (Å²) in [6, 6.07) is 0. The summed E-state index contributed by atoms with van der Waals surface area (Å²) in [6.45, 7) is 3.92. The number of aromatic carboxylic acids is 1. The van der Waals surface area contributed by atoms with Gasteiger partial charge >= 0.3 is 5.97 Å². The van der Waals surface area contributed by atoms with Gasteiger partial charge in [0.1, 0.15) is 0 Å². The van der Waals surface area contributed by atoms with E-state index in [0.29, 0.717) is 13.0 Å². The zero-order chi connectivity index (χ0) is 10.8. The summed E-state index contributed by atoms with van der Waals surface area (Å²) >= 11 is 0. The van der Waals surface area contributed by atoms with Crippen molar-refractivity contribution in [1.29, 1.82) is 0 Å². The van der Waals surface area contributed by atoms with Crippen LogP contribution in [0, 0.1) is 0 Å². The van der Waals surface area contributed by atoms with E-state index in [0.717, 1.165) is 0 Å². The van der Waals surface area contributed by atoms with Crippen molar-refractivity contribution in [2.45, 2.75) is 32.4 Å². The fourth-order valence-electron chi connectivity index (χ4n) is 0.984. The molecular weight excluding hydrogens is 184 g/mol. The van der Waals surface area contributed by atoms with Gasteiger partial charge in [0.05, 0.1) is 17.4 Å². The predicted octanol–water partition coefficient (Wildman–Crippen LogP) is 0.742. The Morgan fingerprint density at radius 2 is 2.29 bits per heavy atom. The van der Waals surface area contributed by atoms with Crippen molar-refractivity contribution < 1.29 is 15.0 Å². The molecule has 1 heterocycles. The maximum absolute atomic E-state index is 10.5. The summed E-state index contributed by atoms with van der Waals surface area (Å²) in [5.74, 6) is -0.987. The number of hydrogen-bond acceptors (Lipinski definition) is 3. The second-order valence-corrected chi connectivity index (χ2v) is 3.86. The second kappa shape index (κ2) is 3.79. The molecule has 1 aromatic rings. The van der Waals surface area contributed by atoms with Gasteiger partial charge in [0, 0.05) is 12.7 Å². The first-order valence-electron chi connectivity index (χ1n) is 4.36. The number of rotatable bonds is 4. The van der Waals surface area contributed by atoms with Gasteiger partial charge in [-0.2, -0.15) is 5.10 Å². The topological polar surface area (TPSA) is 75.4 Å². The van der Waals surface area contributed by atoms with Crippen LogP contribution in [0.4, 0.5) is 0 Å². The lowest BCUT2D eigenvalue weighted by atomic mass is 10.1. The lowest BCUT2D eigenvalue weighted by Gasteiger charge is -2.16. The van der Waals surface area contributed by atoms with Gasteiger partial charge in [0.2, 0.25) is 0 Å². The first-order valence-corrected chi connectivity index (χ1v) is 4.36. The standard InChI is InChI=1S/C9H14N2O3/c1-9(2,14)3-4-11-6-7(5-10-11)8(12)13/h5-6,14H,3-4H2,1-2H3,(H,12,13). The van der Waals surface area contributed by atoms with Gasteiger partial charge < -0.3 is 10.2 Å². The van der Waals surface area contributed by atoms with E-state index in [9.17, 15) is 9.90 Å². The van der Waals surface area contributed by atoms with Crippen molar-refractivity contribution in [3.63, 3.8) is 0 Å². The monoisotopic (exact) mass is 198 g/mol. The Labute approximate surface area is 82.0 Å². The van der Waals surface area contributed by atoms with Gasteiger partial charge in [-0.05, 0) is 20.3 Å². The minimum absolute atomic E-state index is 0.167. The first kappa shape index (κ1) is 10.7. The van der Waals surface area contributed by atoms with Gasteiger partial charge in [-0.15, -0.1) is 0 Å². The molecule has 0 saturated carbocycles. The minimum Gasteiger partial charge on any atom is -0.478 e. The summed E-state index contributed by atoms with van der Waals surface area (Å²) in [7, 11) is 0. The smallest absolute Gasteiger partial charge is 0.338 e. The average molecular weight is 198 g/mol. The molecule has 0 bridgehead atoms. The second-order valence-electron chi connectivity index (χ2n) is 3.86. The molecule has 0 radical (unpaired) electrons. The van der Waals surface area contributed by atoms with Gasteiger partial charge in [-0.1, -0.05) is 0 Å². The molecule has 14 heavy (non-hydrogen) atoms. The van der Waals surface area contributed by atoms with Crippen molar-refractivity contribution in [3.8, 4) is 0 Å². The zero-order valence-electron chi connectivity index (χ0n) is 8.27. The summed E-state index contributed by atoms with van der Waals surface area (Å²) < 4.78 is 1.52. The number of hydrogen-bond donors (Lipinski definition) is 2. The SMILES string of the molecule is CC(C)(O)CCn1cc(C(=O)O)cn1. The van der Waals surface area contributed by atoms with E-state index in [4.69, 9.17) is 5.11 Å². The lowest BCUT2D eigenvalue weighted by Crippen LogP contribution is -2.21. The van der Waals surface area contributed by atoms with Crippen LogP contribution < -0.4 is 0 Å². The molecule has 0 saturated heterocycles. The van der Waals surface area contributed by atoms with Crippen LogP contribution in [0.2, 0.25) is 0 Å². The third-order valence-corrected chi connectivity index (χ3v) is 1.83. The number of aliphatic hydroxyl groups is 1. The summed E-state index contributed by atoms with van der Waals surface area (Å²) in [6.07, 6.45) is 3.29. The van der Waals surface area contributed by atoms with Gasteiger partial charge in [0.15, 0.2) is 0 Å². The average Bonchev–Trinajstić information content (AvgIpc) is 2.47. The highest BCUT2D eigenvalue weighted by Crippen LogP contribution is 2.09. The van der Waals surface area contributed by atoms with Crippen molar-refractivity contribution >= 4 is 5.97 Å². The molecule has 0 fully saturated rings. The molecule has 0 unspecified atom stereocenters. The molecule has 5 heteroatoms. The molecule has 1 aromatic heterocycles. The maximum Gasteiger partial charge on any atom is 0.338 e. The fraction of sp³-hybridized carbons (Fsp3) is 0.556. The summed E-state index contributed by atoms with van der Waals surface area (Å²) in [4.78, 5) is 10.5. The zero-order valence-corrected chi connectivity index (χ0v) is 8.27. The number of nitrogens with zero attached hydrogens (tertiary/aromatic N) is 2. The number of carboxylic acids is 1.